The van der Waals surface area contributed by atoms with Gasteiger partial charge in [-0.05, 0) is 11.8 Å². The third-order valence-electron chi connectivity index (χ3n) is 3.55. The summed E-state index contributed by atoms with van der Waals surface area (Å²) in [6.07, 6.45) is 9.95. The average Bonchev–Trinajstić information content (AvgIpc) is 1.98. The van der Waals surface area contributed by atoms with Crippen LogP contribution in [0.4, 0.5) is 0 Å². The van der Waals surface area contributed by atoms with Gasteiger partial charge in [0, 0.05) is 0 Å². The number of fused-ring (bicyclic) bond motifs is 5. The molecule has 3 saturated carbocycles. The van der Waals surface area contributed by atoms with E-state index in [0.29, 0.717) is 5.82 Å². The predicted octanol–water partition coefficient (Wildman–Crippen LogP) is 2.93. The molecule has 1 unspecified atom stereocenters. The van der Waals surface area contributed by atoms with Gasteiger partial charge in [0.15, 0.2) is 0 Å². The lowest BCUT2D eigenvalue weighted by Crippen LogP contribution is -2.20. The van der Waals surface area contributed by atoms with Crippen LogP contribution in [0.25, 0.3) is 0 Å². The van der Waals surface area contributed by atoms with E-state index in [9.17, 15) is 0 Å². The summed E-state index contributed by atoms with van der Waals surface area (Å²) in [6.45, 7) is 0. The molecule has 1 heteroatoms. The molecular weight excluding hydrogens is 131 g/mol. The Bertz CT molecular complexity index is 125. The van der Waals surface area contributed by atoms with Crippen molar-refractivity contribution in [2.45, 2.75) is 50.8 Å². The maximum Gasteiger partial charge on any atom is 0.0699 e. The van der Waals surface area contributed by atoms with Crippen LogP contribution in [-0.2, 0) is 0 Å². The highest BCUT2D eigenvalue weighted by Crippen LogP contribution is 2.40. The van der Waals surface area contributed by atoms with Gasteiger partial charge in [0.1, 0.15) is 0 Å². The SMILES string of the molecule is [B]C1CCC2CCC(CC2)C1. The van der Waals surface area contributed by atoms with Crippen LogP contribution in [0, 0.1) is 11.8 Å². The summed E-state index contributed by atoms with van der Waals surface area (Å²) < 4.78 is 0. The molecule has 0 spiro atoms. The highest BCUT2D eigenvalue weighted by Gasteiger charge is 2.25. The van der Waals surface area contributed by atoms with Crippen molar-refractivity contribution in [3.63, 3.8) is 0 Å². The molecule has 3 fully saturated rings. The second kappa shape index (κ2) is 3.20. The van der Waals surface area contributed by atoms with Gasteiger partial charge in [-0.1, -0.05) is 50.8 Å². The molecule has 3 rings (SSSR count). The quantitative estimate of drug-likeness (QED) is 0.463. The zero-order chi connectivity index (χ0) is 7.68. The van der Waals surface area contributed by atoms with Crippen molar-refractivity contribution in [2.24, 2.45) is 11.8 Å². The largest absolute Gasteiger partial charge is 0.0771 e. The van der Waals surface area contributed by atoms with E-state index in [1.165, 1.54) is 44.9 Å². The highest BCUT2D eigenvalue weighted by molar-refractivity contribution is 6.11. The minimum absolute atomic E-state index is 0.531. The van der Waals surface area contributed by atoms with Gasteiger partial charge in [0.2, 0.25) is 0 Å². The van der Waals surface area contributed by atoms with Gasteiger partial charge in [0.25, 0.3) is 0 Å². The van der Waals surface area contributed by atoms with E-state index >= 15 is 0 Å². The van der Waals surface area contributed by atoms with E-state index in [-0.39, 0.29) is 0 Å². The van der Waals surface area contributed by atoms with Gasteiger partial charge >= 0.3 is 0 Å². The number of hydrogen-bond donors (Lipinski definition) is 0. The molecule has 60 valence electrons. The first-order valence-electron chi connectivity index (χ1n) is 5.10. The van der Waals surface area contributed by atoms with E-state index in [2.05, 4.69) is 0 Å². The lowest BCUT2D eigenvalue weighted by Gasteiger charge is -2.34. The molecular formula is C10H17B. The number of hydrogen-bond acceptors (Lipinski definition) is 0. The summed E-state index contributed by atoms with van der Waals surface area (Å²) in [6, 6.07) is 0. The van der Waals surface area contributed by atoms with Gasteiger partial charge in [-0.15, -0.1) is 0 Å². The highest BCUT2D eigenvalue weighted by atomic mass is 14.3. The Balaban J connectivity index is 1.97. The summed E-state index contributed by atoms with van der Waals surface area (Å²) in [4.78, 5) is 0. The smallest absolute Gasteiger partial charge is 0.0699 e. The molecule has 2 radical (unpaired) electrons. The van der Waals surface area contributed by atoms with Crippen molar-refractivity contribution in [3.8, 4) is 0 Å². The minimum Gasteiger partial charge on any atom is -0.0771 e. The molecule has 0 aromatic heterocycles. The third-order valence-corrected chi connectivity index (χ3v) is 3.55. The van der Waals surface area contributed by atoms with Crippen LogP contribution in [0.1, 0.15) is 44.9 Å². The Hall–Kier alpha value is 0.0649. The predicted molar refractivity (Wildman–Crippen MR) is 48.8 cm³/mol. The summed E-state index contributed by atoms with van der Waals surface area (Å²) in [7, 11) is 5.99. The molecule has 2 bridgehead atoms. The first-order chi connectivity index (χ1) is 5.34. The molecule has 0 aromatic carbocycles. The Labute approximate surface area is 71.2 Å². The summed E-state index contributed by atoms with van der Waals surface area (Å²) >= 11 is 0. The van der Waals surface area contributed by atoms with E-state index in [0.717, 1.165) is 11.8 Å². The fourth-order valence-electron chi connectivity index (χ4n) is 2.75. The molecule has 0 amide bonds. The summed E-state index contributed by atoms with van der Waals surface area (Å²) in [5.74, 6) is 2.56. The summed E-state index contributed by atoms with van der Waals surface area (Å²) in [5.41, 5.74) is 0. The normalized spacial score (nSPS) is 44.9. The molecule has 0 nitrogen and oxygen atoms in total. The maximum atomic E-state index is 5.99. The second-order valence-electron chi connectivity index (χ2n) is 4.46. The molecule has 3 aliphatic carbocycles. The molecule has 0 aliphatic heterocycles. The van der Waals surface area contributed by atoms with Crippen LogP contribution in [0.5, 0.6) is 0 Å². The minimum atomic E-state index is 0.531. The van der Waals surface area contributed by atoms with Crippen molar-refractivity contribution in [3.05, 3.63) is 0 Å². The van der Waals surface area contributed by atoms with Crippen molar-refractivity contribution in [1.29, 1.82) is 0 Å². The second-order valence-corrected chi connectivity index (χ2v) is 4.46. The van der Waals surface area contributed by atoms with Gasteiger partial charge in [-0.25, -0.2) is 0 Å². The topological polar surface area (TPSA) is 0 Å². The fourth-order valence-corrected chi connectivity index (χ4v) is 2.75. The van der Waals surface area contributed by atoms with Crippen LogP contribution in [0.15, 0.2) is 0 Å². The zero-order valence-corrected chi connectivity index (χ0v) is 7.26. The Kier molecular flexibility index (Phi) is 2.24. The van der Waals surface area contributed by atoms with E-state index in [4.69, 9.17) is 7.85 Å². The van der Waals surface area contributed by atoms with Gasteiger partial charge < -0.3 is 0 Å². The Morgan fingerprint density at radius 3 is 2.00 bits per heavy atom. The molecule has 0 saturated heterocycles. The van der Waals surface area contributed by atoms with Crippen LogP contribution in [-0.4, -0.2) is 7.85 Å². The first kappa shape index (κ1) is 7.70. The molecule has 1 atom stereocenters. The van der Waals surface area contributed by atoms with Gasteiger partial charge in [-0.3, -0.25) is 0 Å². The molecule has 0 N–H and O–H groups in total. The van der Waals surface area contributed by atoms with Gasteiger partial charge in [-0.2, -0.15) is 0 Å². The monoisotopic (exact) mass is 148 g/mol. The lowest BCUT2D eigenvalue weighted by atomic mass is 9.66. The molecule has 0 aromatic rings. The fraction of sp³-hybridized carbons (Fsp3) is 1.00. The first-order valence-corrected chi connectivity index (χ1v) is 5.10. The van der Waals surface area contributed by atoms with Crippen molar-refractivity contribution in [1.82, 2.24) is 0 Å². The van der Waals surface area contributed by atoms with Crippen LogP contribution < -0.4 is 0 Å². The molecule has 11 heavy (non-hydrogen) atoms. The molecule has 0 heterocycles. The summed E-state index contributed by atoms with van der Waals surface area (Å²) in [5, 5.41) is 0. The van der Waals surface area contributed by atoms with Crippen molar-refractivity contribution in [2.75, 3.05) is 0 Å². The van der Waals surface area contributed by atoms with Crippen LogP contribution >= 0.6 is 0 Å². The van der Waals surface area contributed by atoms with Crippen molar-refractivity contribution < 1.29 is 0 Å². The van der Waals surface area contributed by atoms with Crippen LogP contribution in [0.3, 0.4) is 0 Å². The average molecular weight is 148 g/mol. The standard InChI is InChI=1S/C10H17B/c11-10-6-5-8-1-3-9(7-10)4-2-8/h8-10H,1-7H2. The van der Waals surface area contributed by atoms with Gasteiger partial charge in [0.05, 0.1) is 7.85 Å². The number of rotatable bonds is 0. The lowest BCUT2D eigenvalue weighted by molar-refractivity contribution is 0.218. The van der Waals surface area contributed by atoms with E-state index in [1.807, 2.05) is 0 Å². The van der Waals surface area contributed by atoms with E-state index < -0.39 is 0 Å². The van der Waals surface area contributed by atoms with Crippen LogP contribution in [0.2, 0.25) is 5.82 Å². The Morgan fingerprint density at radius 2 is 1.27 bits per heavy atom. The van der Waals surface area contributed by atoms with E-state index in [1.54, 1.807) is 0 Å². The third kappa shape index (κ3) is 1.80. The zero-order valence-electron chi connectivity index (χ0n) is 7.26. The van der Waals surface area contributed by atoms with Crippen molar-refractivity contribution >= 4 is 7.85 Å². The molecule has 3 aliphatic rings. The maximum absolute atomic E-state index is 5.99. The Morgan fingerprint density at radius 1 is 0.727 bits per heavy atom.